The summed E-state index contributed by atoms with van der Waals surface area (Å²) in [7, 11) is 0. The number of carbonyl (C=O) groups excluding carboxylic acids is 1. The van der Waals surface area contributed by atoms with Gasteiger partial charge in [-0.25, -0.2) is 4.79 Å². The minimum atomic E-state index is -0.270. The van der Waals surface area contributed by atoms with Crippen LogP contribution in [0.5, 0.6) is 0 Å². The van der Waals surface area contributed by atoms with E-state index in [9.17, 15) is 4.79 Å². The van der Waals surface area contributed by atoms with Crippen LogP contribution in [0, 0.1) is 5.92 Å². The van der Waals surface area contributed by atoms with Crippen molar-refractivity contribution in [2.75, 3.05) is 18.5 Å². The normalized spacial score (nSPS) is 22.1. The zero-order valence-electron chi connectivity index (χ0n) is 13.1. The van der Waals surface area contributed by atoms with Crippen LogP contribution in [0.1, 0.15) is 44.0 Å². The van der Waals surface area contributed by atoms with E-state index in [2.05, 4.69) is 19.2 Å². The molecule has 1 aromatic rings. The van der Waals surface area contributed by atoms with E-state index in [1.165, 1.54) is 0 Å². The second-order valence-corrected chi connectivity index (χ2v) is 5.82. The maximum atomic E-state index is 11.8. The van der Waals surface area contributed by atoms with E-state index in [0.717, 1.165) is 25.1 Å². The van der Waals surface area contributed by atoms with Gasteiger partial charge < -0.3 is 14.8 Å². The fraction of sp³-hybridized carbons (Fsp3) is 0.588. The summed E-state index contributed by atoms with van der Waals surface area (Å²) in [6.45, 7) is 7.38. The maximum Gasteiger partial charge on any atom is 0.338 e. The lowest BCUT2D eigenvalue weighted by Crippen LogP contribution is -2.36. The van der Waals surface area contributed by atoms with E-state index in [1.54, 1.807) is 6.07 Å². The van der Waals surface area contributed by atoms with Crippen molar-refractivity contribution in [3.8, 4) is 0 Å². The van der Waals surface area contributed by atoms with Gasteiger partial charge in [0.2, 0.25) is 0 Å². The molecule has 0 spiro atoms. The Bertz CT molecular complexity index is 473. The molecule has 1 saturated heterocycles. The van der Waals surface area contributed by atoms with Crippen molar-refractivity contribution in [3.63, 3.8) is 0 Å². The van der Waals surface area contributed by atoms with Gasteiger partial charge in [0.25, 0.3) is 0 Å². The highest BCUT2D eigenvalue weighted by Crippen LogP contribution is 2.23. The van der Waals surface area contributed by atoms with Crippen LogP contribution in [0.4, 0.5) is 5.69 Å². The summed E-state index contributed by atoms with van der Waals surface area (Å²) < 4.78 is 10.8. The summed E-state index contributed by atoms with van der Waals surface area (Å²) in [4.78, 5) is 11.8. The molecule has 1 fully saturated rings. The monoisotopic (exact) mass is 291 g/mol. The van der Waals surface area contributed by atoms with Crippen LogP contribution in [0.2, 0.25) is 0 Å². The van der Waals surface area contributed by atoms with Crippen LogP contribution in [-0.2, 0) is 9.47 Å². The molecule has 1 heterocycles. The second kappa shape index (κ2) is 7.46. The third kappa shape index (κ3) is 4.46. The Labute approximate surface area is 126 Å². The zero-order chi connectivity index (χ0) is 15.2. The van der Waals surface area contributed by atoms with Crippen LogP contribution < -0.4 is 5.32 Å². The van der Waals surface area contributed by atoms with Gasteiger partial charge in [-0.1, -0.05) is 19.9 Å². The molecule has 21 heavy (non-hydrogen) atoms. The van der Waals surface area contributed by atoms with Gasteiger partial charge in [-0.05, 0) is 43.9 Å². The van der Waals surface area contributed by atoms with Gasteiger partial charge in [0.1, 0.15) is 0 Å². The number of hydrogen-bond acceptors (Lipinski definition) is 4. The van der Waals surface area contributed by atoms with E-state index in [-0.39, 0.29) is 5.97 Å². The largest absolute Gasteiger partial charge is 0.462 e. The number of nitrogens with one attached hydrogen (secondary N) is 1. The fourth-order valence-corrected chi connectivity index (χ4v) is 2.61. The number of anilines is 1. The predicted octanol–water partition coefficient (Wildman–Crippen LogP) is 3.48. The van der Waals surface area contributed by atoms with Gasteiger partial charge in [0.15, 0.2) is 0 Å². The summed E-state index contributed by atoms with van der Waals surface area (Å²) in [5.74, 6) is 0.258. The van der Waals surface area contributed by atoms with Gasteiger partial charge in [-0.2, -0.15) is 0 Å². The smallest absolute Gasteiger partial charge is 0.338 e. The molecular weight excluding hydrogens is 266 g/mol. The zero-order valence-corrected chi connectivity index (χ0v) is 13.1. The molecule has 116 valence electrons. The average molecular weight is 291 g/mol. The van der Waals surface area contributed by atoms with Crippen LogP contribution in [-0.4, -0.2) is 31.3 Å². The number of hydrogen-bond donors (Lipinski definition) is 1. The number of rotatable bonds is 5. The molecule has 0 amide bonds. The van der Waals surface area contributed by atoms with E-state index >= 15 is 0 Å². The van der Waals surface area contributed by atoms with Gasteiger partial charge >= 0.3 is 5.97 Å². The molecule has 4 heteroatoms. The molecule has 1 aromatic carbocycles. The first kappa shape index (κ1) is 15.8. The first-order valence-corrected chi connectivity index (χ1v) is 7.75. The molecule has 1 N–H and O–H groups in total. The molecule has 2 unspecified atom stereocenters. The fourth-order valence-electron chi connectivity index (χ4n) is 2.61. The Balaban J connectivity index is 1.99. The highest BCUT2D eigenvalue weighted by Gasteiger charge is 2.24. The molecule has 0 bridgehead atoms. The summed E-state index contributed by atoms with van der Waals surface area (Å²) in [5, 5.41) is 3.52. The number of benzene rings is 1. The maximum absolute atomic E-state index is 11.8. The second-order valence-electron chi connectivity index (χ2n) is 5.82. The molecule has 1 aliphatic heterocycles. The van der Waals surface area contributed by atoms with E-state index < -0.39 is 0 Å². The Morgan fingerprint density at radius 3 is 3.00 bits per heavy atom. The minimum absolute atomic E-state index is 0.270. The first-order chi connectivity index (χ1) is 10.1. The molecule has 2 rings (SSSR count). The SMILES string of the molecule is CCOC(=O)c1cccc(NC2CCOC(C(C)C)C2)c1. The van der Waals surface area contributed by atoms with Crippen molar-refractivity contribution in [1.82, 2.24) is 0 Å². The first-order valence-electron chi connectivity index (χ1n) is 7.75. The molecule has 0 saturated carbocycles. The topological polar surface area (TPSA) is 47.6 Å². The lowest BCUT2D eigenvalue weighted by molar-refractivity contribution is -0.0160. The van der Waals surface area contributed by atoms with E-state index in [1.807, 2.05) is 25.1 Å². The highest BCUT2D eigenvalue weighted by molar-refractivity contribution is 5.90. The number of carbonyl (C=O) groups is 1. The van der Waals surface area contributed by atoms with Crippen molar-refractivity contribution in [3.05, 3.63) is 29.8 Å². The summed E-state index contributed by atoms with van der Waals surface area (Å²) >= 11 is 0. The van der Waals surface area contributed by atoms with Gasteiger partial charge in [-0.15, -0.1) is 0 Å². The lowest BCUT2D eigenvalue weighted by atomic mass is 9.95. The molecule has 1 aliphatic rings. The molecule has 2 atom stereocenters. The Kier molecular flexibility index (Phi) is 5.62. The van der Waals surface area contributed by atoms with Crippen molar-refractivity contribution in [2.24, 2.45) is 5.92 Å². The average Bonchev–Trinajstić information content (AvgIpc) is 2.48. The van der Waals surface area contributed by atoms with Gasteiger partial charge in [-0.3, -0.25) is 0 Å². The van der Waals surface area contributed by atoms with Crippen molar-refractivity contribution in [1.29, 1.82) is 0 Å². The third-order valence-electron chi connectivity index (χ3n) is 3.80. The lowest BCUT2D eigenvalue weighted by Gasteiger charge is -2.33. The molecule has 4 nitrogen and oxygen atoms in total. The molecule has 0 aliphatic carbocycles. The van der Waals surface area contributed by atoms with Crippen molar-refractivity contribution < 1.29 is 14.3 Å². The highest BCUT2D eigenvalue weighted by atomic mass is 16.5. The van der Waals surface area contributed by atoms with Crippen LogP contribution >= 0.6 is 0 Å². The minimum Gasteiger partial charge on any atom is -0.462 e. The summed E-state index contributed by atoms with van der Waals surface area (Å²) in [6, 6.07) is 7.90. The summed E-state index contributed by atoms with van der Waals surface area (Å²) in [6.07, 6.45) is 2.30. The van der Waals surface area contributed by atoms with Crippen LogP contribution in [0.25, 0.3) is 0 Å². The van der Waals surface area contributed by atoms with E-state index in [4.69, 9.17) is 9.47 Å². The Morgan fingerprint density at radius 2 is 2.29 bits per heavy atom. The molecule has 0 radical (unpaired) electrons. The van der Waals surface area contributed by atoms with Crippen LogP contribution in [0.3, 0.4) is 0 Å². The predicted molar refractivity (Wildman–Crippen MR) is 83.6 cm³/mol. The summed E-state index contributed by atoms with van der Waals surface area (Å²) in [5.41, 5.74) is 1.56. The van der Waals surface area contributed by atoms with Gasteiger partial charge in [0, 0.05) is 18.3 Å². The standard InChI is InChI=1S/C17H25NO3/c1-4-20-17(19)13-6-5-7-14(10-13)18-15-8-9-21-16(11-15)12(2)3/h5-7,10,12,15-16,18H,4,8-9,11H2,1-3H3. The van der Waals surface area contributed by atoms with Crippen molar-refractivity contribution >= 4 is 11.7 Å². The quantitative estimate of drug-likeness (QED) is 0.844. The molecule has 0 aromatic heterocycles. The van der Waals surface area contributed by atoms with E-state index in [0.29, 0.717) is 30.2 Å². The third-order valence-corrected chi connectivity index (χ3v) is 3.80. The number of ether oxygens (including phenoxy) is 2. The number of esters is 1. The molecular formula is C17H25NO3. The van der Waals surface area contributed by atoms with Crippen molar-refractivity contribution in [2.45, 2.75) is 45.8 Å². The Morgan fingerprint density at radius 1 is 1.48 bits per heavy atom. The van der Waals surface area contributed by atoms with Crippen LogP contribution in [0.15, 0.2) is 24.3 Å². The van der Waals surface area contributed by atoms with Gasteiger partial charge in [0.05, 0.1) is 18.3 Å². The Hall–Kier alpha value is -1.55.